The molecule has 1 atom stereocenters. The van der Waals surface area contributed by atoms with E-state index in [1.807, 2.05) is 0 Å². The topological polar surface area (TPSA) is 113 Å². The Morgan fingerprint density at radius 2 is 1.68 bits per heavy atom. The van der Waals surface area contributed by atoms with Crippen molar-refractivity contribution in [1.29, 1.82) is 0 Å². The first-order valence-corrected chi connectivity index (χ1v) is 15.1. The second kappa shape index (κ2) is 10.7. The Morgan fingerprint density at radius 3 is 2.35 bits per heavy atom. The maximum Gasteiger partial charge on any atom is 0.252 e. The molecule has 4 rings (SSSR count). The van der Waals surface area contributed by atoms with Gasteiger partial charge in [-0.05, 0) is 61.4 Å². The number of nitrogens with zero attached hydrogens (tertiary/aromatic N) is 2. The summed E-state index contributed by atoms with van der Waals surface area (Å²) in [7, 11) is -7.02. The van der Waals surface area contributed by atoms with Crippen molar-refractivity contribution in [3.63, 3.8) is 0 Å². The molecule has 0 bridgehead atoms. The van der Waals surface area contributed by atoms with Crippen LogP contribution in [0.25, 0.3) is 0 Å². The first kappa shape index (κ1) is 25.1. The number of sulfonamides is 2. The summed E-state index contributed by atoms with van der Waals surface area (Å²) in [6.07, 6.45) is 3.03. The molecule has 0 radical (unpaired) electrons. The minimum Gasteiger partial charge on any atom is -0.492 e. The Labute approximate surface area is 204 Å². The van der Waals surface area contributed by atoms with E-state index in [1.165, 1.54) is 32.1 Å². The predicted octanol–water partition coefficient (Wildman–Crippen LogP) is 2.13. The maximum absolute atomic E-state index is 12.7. The lowest BCUT2D eigenvalue weighted by molar-refractivity contribution is -0.126. The van der Waals surface area contributed by atoms with Crippen LogP contribution >= 0.6 is 11.3 Å². The highest BCUT2D eigenvalue weighted by molar-refractivity contribution is 7.91. The average molecular weight is 528 g/mol. The number of benzene rings is 1. The van der Waals surface area contributed by atoms with Gasteiger partial charge >= 0.3 is 0 Å². The number of hydrogen-bond acceptors (Lipinski definition) is 7. The smallest absolute Gasteiger partial charge is 0.252 e. The molecule has 2 fully saturated rings. The fourth-order valence-electron chi connectivity index (χ4n) is 4.19. The molecule has 0 spiro atoms. The molecule has 9 nitrogen and oxygen atoms in total. The number of hydrogen-bond donors (Lipinski definition) is 1. The molecule has 1 amide bonds. The van der Waals surface area contributed by atoms with Crippen LogP contribution in [-0.4, -0.2) is 70.7 Å². The van der Waals surface area contributed by atoms with Crippen LogP contribution in [-0.2, 0) is 24.8 Å². The summed E-state index contributed by atoms with van der Waals surface area (Å²) in [4.78, 5) is 12.8. The zero-order chi connectivity index (χ0) is 24.2. The van der Waals surface area contributed by atoms with Crippen LogP contribution in [0.4, 0.5) is 0 Å². The van der Waals surface area contributed by atoms with Gasteiger partial charge in [0, 0.05) is 26.2 Å². The van der Waals surface area contributed by atoms with Crippen LogP contribution in [0.15, 0.2) is 50.9 Å². The van der Waals surface area contributed by atoms with Gasteiger partial charge in [0.05, 0.1) is 17.4 Å². The van der Waals surface area contributed by atoms with E-state index in [9.17, 15) is 21.6 Å². The molecule has 2 saturated heterocycles. The van der Waals surface area contributed by atoms with Crippen LogP contribution in [0.3, 0.4) is 0 Å². The maximum atomic E-state index is 12.7. The van der Waals surface area contributed by atoms with E-state index in [2.05, 4.69) is 5.32 Å². The number of rotatable bonds is 9. The highest BCUT2D eigenvalue weighted by atomic mass is 32.2. The molecular formula is C22H29N3O6S3. The molecule has 0 saturated carbocycles. The van der Waals surface area contributed by atoms with Gasteiger partial charge in [0.2, 0.25) is 15.9 Å². The lowest BCUT2D eigenvalue weighted by Gasteiger charge is -2.30. The fourth-order valence-corrected chi connectivity index (χ4v) is 8.37. The van der Waals surface area contributed by atoms with Gasteiger partial charge < -0.3 is 10.1 Å². The largest absolute Gasteiger partial charge is 0.492 e. The second-order valence-corrected chi connectivity index (χ2v) is 13.4. The minimum absolute atomic E-state index is 0.167. The van der Waals surface area contributed by atoms with Gasteiger partial charge in [-0.1, -0.05) is 6.07 Å². The third-order valence-corrected chi connectivity index (χ3v) is 11.2. The van der Waals surface area contributed by atoms with E-state index in [0.717, 1.165) is 12.8 Å². The highest BCUT2D eigenvalue weighted by Gasteiger charge is 2.33. The molecule has 0 aliphatic carbocycles. The Hall–Kier alpha value is -1.99. The molecular weight excluding hydrogens is 498 g/mol. The molecule has 1 unspecified atom stereocenters. The van der Waals surface area contributed by atoms with Crippen LogP contribution in [0, 0.1) is 5.92 Å². The number of nitrogens with one attached hydrogen (secondary N) is 1. The first-order valence-electron chi connectivity index (χ1n) is 11.3. The van der Waals surface area contributed by atoms with Crippen molar-refractivity contribution in [2.75, 3.05) is 39.3 Å². The quantitative estimate of drug-likeness (QED) is 0.500. The molecule has 1 N–H and O–H groups in total. The Morgan fingerprint density at radius 1 is 0.971 bits per heavy atom. The van der Waals surface area contributed by atoms with E-state index >= 15 is 0 Å². The third-order valence-electron chi connectivity index (χ3n) is 6.04. The number of ether oxygens (including phenoxy) is 1. The van der Waals surface area contributed by atoms with Crippen molar-refractivity contribution in [2.24, 2.45) is 5.92 Å². The molecule has 12 heteroatoms. The molecule has 34 heavy (non-hydrogen) atoms. The number of piperidine rings is 1. The third kappa shape index (κ3) is 5.62. The van der Waals surface area contributed by atoms with E-state index in [0.29, 0.717) is 42.4 Å². The highest BCUT2D eigenvalue weighted by Crippen LogP contribution is 2.26. The van der Waals surface area contributed by atoms with E-state index in [-0.39, 0.29) is 30.5 Å². The molecule has 3 heterocycles. The SMILES string of the molecule is O=C(NCCOc1ccc(S(=O)(=O)N2CCCC2)cc1)C1CCCN(S(=O)(=O)c2cccs2)C1. The second-order valence-electron chi connectivity index (χ2n) is 8.36. The summed E-state index contributed by atoms with van der Waals surface area (Å²) in [5.41, 5.74) is 0. The summed E-state index contributed by atoms with van der Waals surface area (Å²) in [5.74, 6) is -0.0826. The summed E-state index contributed by atoms with van der Waals surface area (Å²) >= 11 is 1.17. The molecule has 1 aromatic carbocycles. The lowest BCUT2D eigenvalue weighted by Crippen LogP contribution is -2.45. The van der Waals surface area contributed by atoms with Gasteiger partial charge in [-0.2, -0.15) is 8.61 Å². The van der Waals surface area contributed by atoms with Crippen molar-refractivity contribution >= 4 is 37.3 Å². The lowest BCUT2D eigenvalue weighted by atomic mass is 9.99. The van der Waals surface area contributed by atoms with Crippen molar-refractivity contribution in [3.8, 4) is 5.75 Å². The summed E-state index contributed by atoms with van der Waals surface area (Å²) in [6, 6.07) is 9.57. The van der Waals surface area contributed by atoms with E-state index in [4.69, 9.17) is 4.74 Å². The van der Waals surface area contributed by atoms with Crippen molar-refractivity contribution < 1.29 is 26.4 Å². The Balaban J connectivity index is 1.23. The standard InChI is InChI=1S/C22H29N3O6S3/c26-22(18-5-3-14-25(17-18)34(29,30)21-6-4-16-32-21)23-11-15-31-19-7-9-20(10-8-19)33(27,28)24-12-1-2-13-24/h4,6-10,16,18H,1-3,5,11-15,17H2,(H,23,26). The summed E-state index contributed by atoms with van der Waals surface area (Å²) in [5, 5.41) is 4.54. The van der Waals surface area contributed by atoms with Crippen LogP contribution in [0.1, 0.15) is 25.7 Å². The summed E-state index contributed by atoms with van der Waals surface area (Å²) in [6.45, 7) is 2.17. The van der Waals surface area contributed by atoms with Gasteiger partial charge in [-0.3, -0.25) is 4.79 Å². The van der Waals surface area contributed by atoms with Gasteiger partial charge in [0.1, 0.15) is 16.6 Å². The van der Waals surface area contributed by atoms with Crippen molar-refractivity contribution in [1.82, 2.24) is 13.9 Å². The normalized spacial score (nSPS) is 20.3. The monoisotopic (exact) mass is 527 g/mol. The average Bonchev–Trinajstić information content (AvgIpc) is 3.57. The van der Waals surface area contributed by atoms with Crippen molar-refractivity contribution in [3.05, 3.63) is 41.8 Å². The number of carbonyl (C=O) groups excluding carboxylic acids is 1. The van der Waals surface area contributed by atoms with Gasteiger partial charge in [0.25, 0.3) is 10.0 Å². The Kier molecular flexibility index (Phi) is 7.93. The van der Waals surface area contributed by atoms with Crippen molar-refractivity contribution in [2.45, 2.75) is 34.8 Å². The molecule has 2 aliphatic heterocycles. The summed E-state index contributed by atoms with van der Waals surface area (Å²) < 4.78 is 59.5. The first-order chi connectivity index (χ1) is 16.3. The van der Waals surface area contributed by atoms with E-state index in [1.54, 1.807) is 29.6 Å². The Bertz CT molecular complexity index is 1170. The van der Waals surface area contributed by atoms with Gasteiger partial charge in [-0.15, -0.1) is 11.3 Å². The fraction of sp³-hybridized carbons (Fsp3) is 0.500. The molecule has 2 aliphatic rings. The zero-order valence-electron chi connectivity index (χ0n) is 18.8. The van der Waals surface area contributed by atoms with Gasteiger partial charge in [-0.25, -0.2) is 16.8 Å². The van der Waals surface area contributed by atoms with Crippen LogP contribution in [0.5, 0.6) is 5.75 Å². The van der Waals surface area contributed by atoms with Crippen LogP contribution in [0.2, 0.25) is 0 Å². The number of thiophene rings is 1. The molecule has 2 aromatic rings. The predicted molar refractivity (Wildman–Crippen MR) is 129 cm³/mol. The molecule has 186 valence electrons. The van der Waals surface area contributed by atoms with Crippen LogP contribution < -0.4 is 10.1 Å². The number of amides is 1. The molecule has 1 aromatic heterocycles. The number of carbonyl (C=O) groups is 1. The van der Waals surface area contributed by atoms with E-state index < -0.39 is 26.0 Å². The van der Waals surface area contributed by atoms with Gasteiger partial charge in [0.15, 0.2) is 0 Å². The zero-order valence-corrected chi connectivity index (χ0v) is 21.2. The minimum atomic E-state index is -3.56.